The number of rotatable bonds is 4. The van der Waals surface area contributed by atoms with Gasteiger partial charge in [-0.25, -0.2) is 9.89 Å². The summed E-state index contributed by atoms with van der Waals surface area (Å²) in [5, 5.41) is 14.7. The summed E-state index contributed by atoms with van der Waals surface area (Å²) in [5.41, 5.74) is 0.355. The summed E-state index contributed by atoms with van der Waals surface area (Å²) in [5.74, 6) is 0.929. The first kappa shape index (κ1) is 19.2. The van der Waals surface area contributed by atoms with Gasteiger partial charge >= 0.3 is 6.09 Å². The Balaban J connectivity index is 1.10. The van der Waals surface area contributed by atoms with Crippen molar-refractivity contribution in [2.45, 2.75) is 70.0 Å². The molecule has 0 aromatic carbocycles. The number of aromatic nitrogens is 4. The first-order valence-corrected chi connectivity index (χ1v) is 11.3. The van der Waals surface area contributed by atoms with Crippen LogP contribution in [0, 0.1) is 5.41 Å². The molecule has 3 saturated heterocycles. The molecule has 1 aromatic rings. The molecule has 1 saturated carbocycles. The summed E-state index contributed by atoms with van der Waals surface area (Å²) in [6, 6.07) is 1.70. The molecule has 29 heavy (non-hydrogen) atoms. The zero-order chi connectivity index (χ0) is 19.8. The second kappa shape index (κ2) is 7.83. The van der Waals surface area contributed by atoms with Crippen LogP contribution in [0.2, 0.25) is 0 Å². The Morgan fingerprint density at radius 1 is 1.17 bits per heavy atom. The molecular formula is C20H33N7O2. The fourth-order valence-corrected chi connectivity index (χ4v) is 6.25. The van der Waals surface area contributed by atoms with Crippen molar-refractivity contribution in [2.24, 2.45) is 5.41 Å². The van der Waals surface area contributed by atoms with Crippen LogP contribution in [-0.2, 0) is 4.74 Å². The van der Waals surface area contributed by atoms with Crippen molar-refractivity contribution in [1.82, 2.24) is 35.3 Å². The maximum absolute atomic E-state index is 12.0. The molecule has 0 bridgehead atoms. The van der Waals surface area contributed by atoms with Crippen molar-refractivity contribution in [3.63, 3.8) is 0 Å². The maximum atomic E-state index is 12.0. The Bertz CT molecular complexity index is 698. The highest BCUT2D eigenvalue weighted by atomic mass is 16.6. The van der Waals surface area contributed by atoms with Gasteiger partial charge in [-0.3, -0.25) is 4.90 Å². The van der Waals surface area contributed by atoms with Crippen molar-refractivity contribution in [2.75, 3.05) is 39.3 Å². The molecule has 1 atom stereocenters. The lowest BCUT2D eigenvalue weighted by molar-refractivity contribution is -0.0176. The van der Waals surface area contributed by atoms with E-state index in [1.165, 1.54) is 45.2 Å². The zero-order valence-electron chi connectivity index (χ0n) is 17.4. The number of likely N-dealkylation sites (tertiary alicyclic amines) is 3. The van der Waals surface area contributed by atoms with Gasteiger partial charge in [0.2, 0.25) is 0 Å². The number of nitrogens with zero attached hydrogens (tertiary/aromatic N) is 6. The topological polar surface area (TPSA) is 90.5 Å². The molecule has 4 fully saturated rings. The van der Waals surface area contributed by atoms with E-state index in [2.05, 4.69) is 30.4 Å². The molecule has 1 aromatic heterocycles. The van der Waals surface area contributed by atoms with Gasteiger partial charge in [-0.1, -0.05) is 0 Å². The Morgan fingerprint density at radius 2 is 2.00 bits per heavy atom. The average molecular weight is 404 g/mol. The fourth-order valence-electron chi connectivity index (χ4n) is 6.25. The number of piperidine rings is 1. The third-order valence-electron chi connectivity index (χ3n) is 7.76. The Morgan fingerprint density at radius 3 is 2.72 bits per heavy atom. The first-order valence-electron chi connectivity index (χ1n) is 11.3. The predicted octanol–water partition coefficient (Wildman–Crippen LogP) is 1.81. The second-order valence-corrected chi connectivity index (χ2v) is 9.38. The van der Waals surface area contributed by atoms with E-state index in [-0.39, 0.29) is 6.09 Å². The van der Waals surface area contributed by atoms with Crippen LogP contribution >= 0.6 is 0 Å². The Hall–Kier alpha value is -1.74. The number of aromatic amines is 1. The van der Waals surface area contributed by atoms with E-state index in [9.17, 15) is 4.79 Å². The molecule has 5 rings (SSSR count). The number of ether oxygens (including phenoxy) is 1. The first-order chi connectivity index (χ1) is 14.2. The molecule has 4 aliphatic rings. The van der Waals surface area contributed by atoms with E-state index in [4.69, 9.17) is 4.74 Å². The summed E-state index contributed by atoms with van der Waals surface area (Å²) in [6.45, 7) is 7.62. The van der Waals surface area contributed by atoms with Gasteiger partial charge in [0, 0.05) is 25.2 Å². The van der Waals surface area contributed by atoms with Crippen LogP contribution in [0.1, 0.15) is 63.7 Å². The molecule has 1 amide bonds. The normalized spacial score (nSPS) is 34.0. The van der Waals surface area contributed by atoms with Gasteiger partial charge in [0.25, 0.3) is 0 Å². The third-order valence-corrected chi connectivity index (χ3v) is 7.76. The van der Waals surface area contributed by atoms with E-state index < -0.39 is 0 Å². The number of nitrogens with one attached hydrogen (secondary N) is 1. The van der Waals surface area contributed by atoms with Crippen molar-refractivity contribution in [3.8, 4) is 0 Å². The minimum absolute atomic E-state index is 0.129. The van der Waals surface area contributed by atoms with E-state index in [0.717, 1.165) is 38.3 Å². The van der Waals surface area contributed by atoms with Crippen LogP contribution in [-0.4, -0.2) is 92.8 Å². The van der Waals surface area contributed by atoms with Crippen molar-refractivity contribution < 1.29 is 9.53 Å². The van der Waals surface area contributed by atoms with Gasteiger partial charge < -0.3 is 14.5 Å². The smallest absolute Gasteiger partial charge is 0.409 e. The Kier molecular flexibility index (Phi) is 5.19. The lowest BCUT2D eigenvalue weighted by Gasteiger charge is -2.52. The number of carbonyl (C=O) groups is 1. The summed E-state index contributed by atoms with van der Waals surface area (Å²) in [7, 11) is 0. The van der Waals surface area contributed by atoms with E-state index in [0.29, 0.717) is 30.1 Å². The van der Waals surface area contributed by atoms with Crippen molar-refractivity contribution in [3.05, 3.63) is 5.82 Å². The second-order valence-electron chi connectivity index (χ2n) is 9.38. The van der Waals surface area contributed by atoms with Crippen LogP contribution in [0.5, 0.6) is 0 Å². The van der Waals surface area contributed by atoms with Crippen LogP contribution < -0.4 is 0 Å². The number of amides is 1. The number of hydrogen-bond acceptors (Lipinski definition) is 7. The average Bonchev–Trinajstić information content (AvgIpc) is 3.47. The minimum Gasteiger partial charge on any atom is -0.450 e. The largest absolute Gasteiger partial charge is 0.450 e. The summed E-state index contributed by atoms with van der Waals surface area (Å²) >= 11 is 0. The molecule has 1 unspecified atom stereocenters. The molecule has 9 heteroatoms. The SMILES string of the molecule is CCOC(=O)N1CCC2(CC(N3CCC(N4CCCC4c4nnn[nH]4)CC3)C2)C1. The molecule has 0 radical (unpaired) electrons. The van der Waals surface area contributed by atoms with Crippen LogP contribution in [0.25, 0.3) is 0 Å². The number of hydrogen-bond donors (Lipinski definition) is 1. The van der Waals surface area contributed by atoms with Gasteiger partial charge in [0.15, 0.2) is 5.82 Å². The molecule has 3 aliphatic heterocycles. The highest BCUT2D eigenvalue weighted by Crippen LogP contribution is 2.50. The predicted molar refractivity (Wildman–Crippen MR) is 106 cm³/mol. The fraction of sp³-hybridized carbons (Fsp3) is 0.900. The van der Waals surface area contributed by atoms with Gasteiger partial charge in [-0.15, -0.1) is 5.10 Å². The number of H-pyrrole nitrogens is 1. The highest BCUT2D eigenvalue weighted by molar-refractivity contribution is 5.68. The number of tetrazole rings is 1. The lowest BCUT2D eigenvalue weighted by atomic mass is 9.64. The van der Waals surface area contributed by atoms with E-state index in [1.807, 2.05) is 11.8 Å². The summed E-state index contributed by atoms with van der Waals surface area (Å²) in [6.07, 6.45) is 8.34. The molecule has 9 nitrogen and oxygen atoms in total. The number of carbonyl (C=O) groups excluding carboxylic acids is 1. The quantitative estimate of drug-likeness (QED) is 0.820. The van der Waals surface area contributed by atoms with Crippen molar-refractivity contribution in [1.29, 1.82) is 0 Å². The zero-order valence-corrected chi connectivity index (χ0v) is 17.4. The van der Waals surface area contributed by atoms with Gasteiger partial charge in [0.05, 0.1) is 12.6 Å². The monoisotopic (exact) mass is 403 g/mol. The highest BCUT2D eigenvalue weighted by Gasteiger charge is 2.51. The standard InChI is InChI=1S/C20H33N7O2/c1-2-29-19(28)26-11-7-20(14-26)12-16(13-20)25-9-5-15(6-10-25)27-8-3-4-17(27)18-21-23-24-22-18/h15-17H,2-14H2,1H3,(H,21,22,23,24). The third kappa shape index (κ3) is 3.63. The van der Waals surface area contributed by atoms with Crippen LogP contribution in [0.4, 0.5) is 4.79 Å². The van der Waals surface area contributed by atoms with Gasteiger partial charge in [-0.2, -0.15) is 0 Å². The maximum Gasteiger partial charge on any atom is 0.409 e. The van der Waals surface area contributed by atoms with E-state index >= 15 is 0 Å². The Labute approximate surface area is 172 Å². The summed E-state index contributed by atoms with van der Waals surface area (Å²) < 4.78 is 5.18. The molecule has 1 aliphatic carbocycles. The van der Waals surface area contributed by atoms with Crippen molar-refractivity contribution >= 4 is 6.09 Å². The minimum atomic E-state index is -0.129. The van der Waals surface area contributed by atoms with Gasteiger partial charge in [0.1, 0.15) is 0 Å². The van der Waals surface area contributed by atoms with Crippen LogP contribution in [0.15, 0.2) is 0 Å². The lowest BCUT2D eigenvalue weighted by Crippen LogP contribution is -2.56. The molecular weight excluding hydrogens is 370 g/mol. The summed E-state index contributed by atoms with van der Waals surface area (Å²) in [4.78, 5) is 19.3. The van der Waals surface area contributed by atoms with Crippen LogP contribution in [0.3, 0.4) is 0 Å². The van der Waals surface area contributed by atoms with Gasteiger partial charge in [-0.05, 0) is 87.3 Å². The molecule has 4 heterocycles. The molecule has 1 spiro atoms. The molecule has 1 N–H and O–H groups in total. The van der Waals surface area contributed by atoms with E-state index in [1.54, 1.807) is 0 Å². The molecule has 160 valence electrons.